The van der Waals surface area contributed by atoms with Crippen molar-refractivity contribution in [1.29, 1.82) is 5.26 Å². The van der Waals surface area contributed by atoms with Crippen molar-refractivity contribution < 1.29 is 9.18 Å². The first-order valence-corrected chi connectivity index (χ1v) is 8.43. The number of benzene rings is 1. The number of nitriles is 1. The van der Waals surface area contributed by atoms with Crippen LogP contribution in [0.1, 0.15) is 35.2 Å². The fraction of sp³-hybridized carbons (Fsp3) is 0.368. The number of rotatable bonds is 5. The fourth-order valence-electron chi connectivity index (χ4n) is 2.85. The molecule has 0 unspecified atom stereocenters. The summed E-state index contributed by atoms with van der Waals surface area (Å²) in [6, 6.07) is 8.27. The third-order valence-electron chi connectivity index (χ3n) is 4.64. The molecule has 0 aliphatic heterocycles. The maximum Gasteiger partial charge on any atom is 0.285 e. The molecule has 2 aromatic rings. The van der Waals surface area contributed by atoms with Gasteiger partial charge in [0.15, 0.2) is 0 Å². The molecule has 26 heavy (non-hydrogen) atoms. The van der Waals surface area contributed by atoms with Crippen molar-refractivity contribution in [3.05, 3.63) is 62.8 Å². The van der Waals surface area contributed by atoms with Gasteiger partial charge in [-0.1, -0.05) is 18.2 Å². The molecule has 6 nitrogen and oxygen atoms in total. The molecule has 3 rings (SSSR count). The van der Waals surface area contributed by atoms with E-state index in [1.807, 2.05) is 6.07 Å². The summed E-state index contributed by atoms with van der Waals surface area (Å²) in [5, 5.41) is 13.3. The average Bonchev–Trinajstić information content (AvgIpc) is 3.44. The SMILES string of the molecule is Cc1nn(CC(=O)N(Cc2ccccc2F)C2CC2)c(=O)c(C#N)c1C. The Morgan fingerprint density at radius 1 is 1.38 bits per heavy atom. The molecule has 1 saturated carbocycles. The molecule has 7 heteroatoms. The lowest BCUT2D eigenvalue weighted by molar-refractivity contribution is -0.133. The molecule has 134 valence electrons. The van der Waals surface area contributed by atoms with Crippen molar-refractivity contribution in [1.82, 2.24) is 14.7 Å². The minimum Gasteiger partial charge on any atom is -0.334 e. The molecule has 1 heterocycles. The first kappa shape index (κ1) is 17.8. The third kappa shape index (κ3) is 3.49. The van der Waals surface area contributed by atoms with Crippen LogP contribution in [-0.4, -0.2) is 26.6 Å². The lowest BCUT2D eigenvalue weighted by Gasteiger charge is -2.23. The Bertz CT molecular complexity index is 957. The summed E-state index contributed by atoms with van der Waals surface area (Å²) in [5.41, 5.74) is 0.904. The molecule has 0 N–H and O–H groups in total. The summed E-state index contributed by atoms with van der Waals surface area (Å²) in [7, 11) is 0. The second-order valence-electron chi connectivity index (χ2n) is 6.50. The Morgan fingerprint density at radius 2 is 2.08 bits per heavy atom. The quantitative estimate of drug-likeness (QED) is 0.823. The van der Waals surface area contributed by atoms with E-state index in [-0.39, 0.29) is 36.4 Å². The van der Waals surface area contributed by atoms with Gasteiger partial charge in [0.2, 0.25) is 5.91 Å². The number of nitrogens with zero attached hydrogens (tertiary/aromatic N) is 4. The molecule has 0 saturated heterocycles. The maximum absolute atomic E-state index is 13.9. The molecule has 1 fully saturated rings. The van der Waals surface area contributed by atoms with Gasteiger partial charge in [-0.05, 0) is 38.3 Å². The second kappa shape index (κ2) is 7.08. The van der Waals surface area contributed by atoms with Gasteiger partial charge in [-0.25, -0.2) is 9.07 Å². The Morgan fingerprint density at radius 3 is 2.69 bits per heavy atom. The van der Waals surface area contributed by atoms with Crippen molar-refractivity contribution in [2.75, 3.05) is 0 Å². The Balaban J connectivity index is 1.86. The van der Waals surface area contributed by atoms with Crippen molar-refractivity contribution in [2.45, 2.75) is 45.8 Å². The minimum absolute atomic E-state index is 0.00243. The largest absolute Gasteiger partial charge is 0.334 e. The molecule has 0 atom stereocenters. The minimum atomic E-state index is -0.578. The van der Waals surface area contributed by atoms with Gasteiger partial charge in [0.05, 0.1) is 5.69 Å². The highest BCUT2D eigenvalue weighted by atomic mass is 19.1. The highest BCUT2D eigenvalue weighted by molar-refractivity contribution is 5.76. The normalized spacial score (nSPS) is 13.3. The number of amides is 1. The average molecular weight is 354 g/mol. The van der Waals surface area contributed by atoms with E-state index in [2.05, 4.69) is 5.10 Å². The maximum atomic E-state index is 13.9. The van der Waals surface area contributed by atoms with Crippen molar-refractivity contribution in [3.8, 4) is 6.07 Å². The molecule has 1 aromatic carbocycles. The summed E-state index contributed by atoms with van der Waals surface area (Å²) >= 11 is 0. The van der Waals surface area contributed by atoms with E-state index in [1.54, 1.807) is 36.9 Å². The van der Waals surface area contributed by atoms with Crippen molar-refractivity contribution in [2.24, 2.45) is 0 Å². The van der Waals surface area contributed by atoms with Crippen LogP contribution in [0.3, 0.4) is 0 Å². The smallest absolute Gasteiger partial charge is 0.285 e. The van der Waals surface area contributed by atoms with Crippen LogP contribution < -0.4 is 5.56 Å². The highest BCUT2D eigenvalue weighted by Gasteiger charge is 2.33. The highest BCUT2D eigenvalue weighted by Crippen LogP contribution is 2.29. The molecule has 0 radical (unpaired) electrons. The van der Waals surface area contributed by atoms with Crippen LogP contribution in [0.5, 0.6) is 0 Å². The van der Waals surface area contributed by atoms with Gasteiger partial charge in [-0.2, -0.15) is 10.4 Å². The van der Waals surface area contributed by atoms with E-state index < -0.39 is 5.56 Å². The molecule has 1 aliphatic rings. The number of aromatic nitrogens is 2. The Kier molecular flexibility index (Phi) is 4.85. The van der Waals surface area contributed by atoms with Gasteiger partial charge in [0.1, 0.15) is 24.0 Å². The molecule has 0 bridgehead atoms. The molecular formula is C19H19FN4O2. The van der Waals surface area contributed by atoms with E-state index in [0.717, 1.165) is 17.5 Å². The third-order valence-corrected chi connectivity index (χ3v) is 4.64. The standard InChI is InChI=1S/C19H19FN4O2/c1-12-13(2)22-24(19(26)16(12)9-21)11-18(25)23(15-7-8-15)10-14-5-3-4-6-17(14)20/h3-6,15H,7-8,10-11H2,1-2H3. The number of carbonyl (C=O) groups is 1. The zero-order chi connectivity index (χ0) is 18.8. The van der Waals surface area contributed by atoms with Gasteiger partial charge in [0.25, 0.3) is 5.56 Å². The predicted molar refractivity (Wildman–Crippen MR) is 92.7 cm³/mol. The molecule has 0 spiro atoms. The van der Waals surface area contributed by atoms with E-state index in [9.17, 15) is 19.2 Å². The summed E-state index contributed by atoms with van der Waals surface area (Å²) in [6.45, 7) is 3.23. The Labute approximate surface area is 150 Å². The van der Waals surface area contributed by atoms with E-state index in [4.69, 9.17) is 0 Å². The van der Waals surface area contributed by atoms with Gasteiger partial charge >= 0.3 is 0 Å². The second-order valence-corrected chi connectivity index (χ2v) is 6.50. The first-order valence-electron chi connectivity index (χ1n) is 8.43. The van der Waals surface area contributed by atoms with Crippen LogP contribution in [-0.2, 0) is 17.9 Å². The molecular weight excluding hydrogens is 335 g/mol. The molecule has 1 amide bonds. The number of halogens is 1. The topological polar surface area (TPSA) is 79.0 Å². The summed E-state index contributed by atoms with van der Waals surface area (Å²) in [4.78, 5) is 26.7. The number of aryl methyl sites for hydroxylation is 1. The van der Waals surface area contributed by atoms with Crippen LogP contribution >= 0.6 is 0 Å². The zero-order valence-electron chi connectivity index (χ0n) is 14.7. The summed E-state index contributed by atoms with van der Waals surface area (Å²) in [6.07, 6.45) is 1.72. The van der Waals surface area contributed by atoms with E-state index >= 15 is 0 Å². The van der Waals surface area contributed by atoms with Gasteiger partial charge in [0, 0.05) is 18.2 Å². The van der Waals surface area contributed by atoms with E-state index in [1.165, 1.54) is 6.07 Å². The fourth-order valence-corrected chi connectivity index (χ4v) is 2.85. The summed E-state index contributed by atoms with van der Waals surface area (Å²) in [5.74, 6) is -0.670. The number of hydrogen-bond donors (Lipinski definition) is 0. The van der Waals surface area contributed by atoms with Crippen LogP contribution in [0.2, 0.25) is 0 Å². The molecule has 1 aromatic heterocycles. The number of hydrogen-bond acceptors (Lipinski definition) is 4. The lowest BCUT2D eigenvalue weighted by Crippen LogP contribution is -2.39. The van der Waals surface area contributed by atoms with Crippen LogP contribution in [0.25, 0.3) is 0 Å². The van der Waals surface area contributed by atoms with Gasteiger partial charge in [-0.15, -0.1) is 0 Å². The van der Waals surface area contributed by atoms with Crippen molar-refractivity contribution >= 4 is 5.91 Å². The summed E-state index contributed by atoms with van der Waals surface area (Å²) < 4.78 is 15.0. The van der Waals surface area contributed by atoms with Gasteiger partial charge < -0.3 is 4.90 Å². The predicted octanol–water partition coefficient (Wildman–Crippen LogP) is 2.06. The lowest BCUT2D eigenvalue weighted by atomic mass is 10.1. The first-order chi connectivity index (χ1) is 12.4. The van der Waals surface area contributed by atoms with E-state index in [0.29, 0.717) is 16.8 Å². The Hall–Kier alpha value is -3.01. The van der Waals surface area contributed by atoms with Gasteiger partial charge in [-0.3, -0.25) is 9.59 Å². The van der Waals surface area contributed by atoms with Crippen LogP contribution in [0.4, 0.5) is 4.39 Å². The van der Waals surface area contributed by atoms with Crippen molar-refractivity contribution in [3.63, 3.8) is 0 Å². The zero-order valence-corrected chi connectivity index (χ0v) is 14.7. The number of carbonyl (C=O) groups excluding carboxylic acids is 1. The monoisotopic (exact) mass is 354 g/mol. The molecule has 1 aliphatic carbocycles. The van der Waals surface area contributed by atoms with Crippen LogP contribution in [0.15, 0.2) is 29.1 Å². The van der Waals surface area contributed by atoms with Crippen LogP contribution in [0, 0.1) is 31.0 Å².